The smallest absolute Gasteiger partial charge is 0.260 e. The molecule has 19 heavy (non-hydrogen) atoms. The molecule has 0 heterocycles. The minimum atomic E-state index is -0.994. The summed E-state index contributed by atoms with van der Waals surface area (Å²) in [4.78, 5) is 24.0. The fraction of sp³-hybridized carbons (Fsp3) is 0.333. The van der Waals surface area contributed by atoms with E-state index < -0.39 is 41.6 Å². The van der Waals surface area contributed by atoms with Crippen LogP contribution in [0, 0.1) is 11.6 Å². The Hall–Kier alpha value is -1.50. The second-order valence-electron chi connectivity index (χ2n) is 4.24. The molecule has 2 N–H and O–H groups in total. The molecule has 1 aromatic rings. The van der Waals surface area contributed by atoms with E-state index in [4.69, 9.17) is 5.73 Å². The Morgan fingerprint density at radius 1 is 1.32 bits per heavy atom. The molecule has 0 radical (unpaired) electrons. The van der Waals surface area contributed by atoms with E-state index in [1.165, 1.54) is 0 Å². The van der Waals surface area contributed by atoms with Crippen LogP contribution in [0.25, 0.3) is 0 Å². The van der Waals surface area contributed by atoms with Crippen molar-refractivity contribution in [2.45, 2.75) is 19.9 Å². The van der Waals surface area contributed by atoms with Gasteiger partial charge in [-0.2, -0.15) is 0 Å². The molecule has 0 spiro atoms. The molecule has 0 aliphatic heterocycles. The first-order chi connectivity index (χ1) is 8.73. The maximum atomic E-state index is 13.7. The quantitative estimate of drug-likeness (QED) is 0.916. The van der Waals surface area contributed by atoms with Crippen molar-refractivity contribution in [3.05, 3.63) is 33.8 Å². The number of nitrogens with two attached hydrogens (primary N) is 1. The molecule has 1 rings (SSSR count). The summed E-state index contributed by atoms with van der Waals surface area (Å²) in [7, 11) is 0. The van der Waals surface area contributed by atoms with Gasteiger partial charge in [0.05, 0.1) is 6.54 Å². The lowest BCUT2D eigenvalue weighted by molar-refractivity contribution is -0.119. The highest BCUT2D eigenvalue weighted by molar-refractivity contribution is 9.10. The van der Waals surface area contributed by atoms with Crippen LogP contribution in [0.2, 0.25) is 0 Å². The lowest BCUT2D eigenvalue weighted by Crippen LogP contribution is -2.43. The number of amides is 2. The van der Waals surface area contributed by atoms with Crippen LogP contribution < -0.4 is 5.73 Å². The summed E-state index contributed by atoms with van der Waals surface area (Å²) >= 11 is 2.92. The average Bonchev–Trinajstić information content (AvgIpc) is 2.23. The second-order valence-corrected chi connectivity index (χ2v) is 5.15. The lowest BCUT2D eigenvalue weighted by atomic mass is 10.1. The van der Waals surface area contributed by atoms with Crippen LogP contribution in [-0.4, -0.2) is 29.3 Å². The zero-order chi connectivity index (χ0) is 14.7. The van der Waals surface area contributed by atoms with E-state index in [1.54, 1.807) is 13.8 Å². The van der Waals surface area contributed by atoms with Gasteiger partial charge in [-0.1, -0.05) is 15.9 Å². The molecule has 0 aliphatic carbocycles. The minimum absolute atomic E-state index is 0.185. The molecule has 0 saturated carbocycles. The molecule has 2 amide bonds. The molecule has 0 atom stereocenters. The monoisotopic (exact) mass is 334 g/mol. The Balaban J connectivity index is 3.20. The highest BCUT2D eigenvalue weighted by Crippen LogP contribution is 2.21. The van der Waals surface area contributed by atoms with Crippen molar-refractivity contribution in [2.75, 3.05) is 6.54 Å². The average molecular weight is 335 g/mol. The van der Waals surface area contributed by atoms with Gasteiger partial charge in [0, 0.05) is 10.5 Å². The van der Waals surface area contributed by atoms with E-state index in [0.29, 0.717) is 0 Å². The molecule has 0 aliphatic rings. The number of hydrogen-bond acceptors (Lipinski definition) is 2. The molecule has 1 aromatic carbocycles. The van der Waals surface area contributed by atoms with Gasteiger partial charge in [0.2, 0.25) is 5.91 Å². The number of halogens is 3. The standard InChI is InChI=1S/C12H13BrF2N2O2/c1-6(2)17(5-10(16)18)12(19)11-8(14)3-7(13)4-9(11)15/h3-4,6H,5H2,1-2H3,(H2,16,18). The van der Waals surface area contributed by atoms with E-state index in [0.717, 1.165) is 17.0 Å². The van der Waals surface area contributed by atoms with Crippen LogP contribution in [0.15, 0.2) is 16.6 Å². The van der Waals surface area contributed by atoms with Crippen molar-refractivity contribution in [1.29, 1.82) is 0 Å². The van der Waals surface area contributed by atoms with Crippen molar-refractivity contribution in [3.8, 4) is 0 Å². The van der Waals surface area contributed by atoms with Crippen molar-refractivity contribution < 1.29 is 18.4 Å². The molecule has 7 heteroatoms. The number of carbonyl (C=O) groups is 2. The predicted molar refractivity (Wildman–Crippen MR) is 69.4 cm³/mol. The van der Waals surface area contributed by atoms with Crippen LogP contribution in [0.5, 0.6) is 0 Å². The SMILES string of the molecule is CC(C)N(CC(N)=O)C(=O)c1c(F)cc(Br)cc1F. The van der Waals surface area contributed by atoms with Gasteiger partial charge < -0.3 is 10.6 Å². The molecule has 0 saturated heterocycles. The summed E-state index contributed by atoms with van der Waals surface area (Å²) in [5, 5.41) is 0. The van der Waals surface area contributed by atoms with E-state index in [9.17, 15) is 18.4 Å². The first-order valence-corrected chi connectivity index (χ1v) is 6.27. The number of primary amides is 1. The number of hydrogen-bond donors (Lipinski definition) is 1. The van der Waals surface area contributed by atoms with Gasteiger partial charge in [0.1, 0.15) is 17.2 Å². The molecule has 0 fully saturated rings. The summed E-state index contributed by atoms with van der Waals surface area (Å²) in [5.74, 6) is -3.64. The largest absolute Gasteiger partial charge is 0.368 e. The number of benzene rings is 1. The number of nitrogens with zero attached hydrogens (tertiary/aromatic N) is 1. The van der Waals surface area contributed by atoms with Gasteiger partial charge >= 0.3 is 0 Å². The maximum Gasteiger partial charge on any atom is 0.260 e. The summed E-state index contributed by atoms with van der Waals surface area (Å²) in [6.45, 7) is 2.84. The van der Waals surface area contributed by atoms with E-state index in [1.807, 2.05) is 0 Å². The summed E-state index contributed by atoms with van der Waals surface area (Å²) in [5.41, 5.74) is 4.32. The van der Waals surface area contributed by atoms with E-state index in [2.05, 4.69) is 15.9 Å². The maximum absolute atomic E-state index is 13.7. The first-order valence-electron chi connectivity index (χ1n) is 5.47. The minimum Gasteiger partial charge on any atom is -0.368 e. The fourth-order valence-corrected chi connectivity index (χ4v) is 1.95. The Labute approximate surface area is 117 Å². The lowest BCUT2D eigenvalue weighted by Gasteiger charge is -2.25. The number of carbonyl (C=O) groups excluding carboxylic acids is 2. The van der Waals surface area contributed by atoms with Gasteiger partial charge in [0.15, 0.2) is 0 Å². The summed E-state index contributed by atoms with van der Waals surface area (Å²) in [6, 6.07) is 1.56. The second kappa shape index (κ2) is 6.10. The Bertz CT molecular complexity index is 497. The zero-order valence-corrected chi connectivity index (χ0v) is 12.0. The van der Waals surface area contributed by atoms with Gasteiger partial charge in [-0.3, -0.25) is 9.59 Å². The molecule has 104 valence electrons. The summed E-state index contributed by atoms with van der Waals surface area (Å²) in [6.07, 6.45) is 0. The predicted octanol–water partition coefficient (Wildman–Crippen LogP) is 2.06. The molecule has 0 unspecified atom stereocenters. The molecule has 4 nitrogen and oxygen atoms in total. The van der Waals surface area contributed by atoms with Gasteiger partial charge in [-0.25, -0.2) is 8.78 Å². The normalized spacial score (nSPS) is 10.6. The fourth-order valence-electron chi connectivity index (χ4n) is 1.55. The highest BCUT2D eigenvalue weighted by atomic mass is 79.9. The molecular weight excluding hydrogens is 322 g/mol. The van der Waals surface area contributed by atoms with Crippen molar-refractivity contribution >= 4 is 27.7 Å². The number of rotatable bonds is 4. The van der Waals surface area contributed by atoms with E-state index >= 15 is 0 Å². The Morgan fingerprint density at radius 2 is 1.79 bits per heavy atom. The topological polar surface area (TPSA) is 63.4 Å². The van der Waals surface area contributed by atoms with Gasteiger partial charge in [-0.05, 0) is 26.0 Å². The Kier molecular flexibility index (Phi) is 4.99. The highest BCUT2D eigenvalue weighted by Gasteiger charge is 2.26. The zero-order valence-electron chi connectivity index (χ0n) is 10.4. The molecule has 0 bridgehead atoms. The van der Waals surface area contributed by atoms with Crippen LogP contribution in [0.4, 0.5) is 8.78 Å². The summed E-state index contributed by atoms with van der Waals surface area (Å²) < 4.78 is 27.6. The third kappa shape index (κ3) is 3.73. The van der Waals surface area contributed by atoms with Gasteiger partial charge in [0.25, 0.3) is 5.91 Å². The van der Waals surface area contributed by atoms with Gasteiger partial charge in [-0.15, -0.1) is 0 Å². The van der Waals surface area contributed by atoms with Crippen molar-refractivity contribution in [2.24, 2.45) is 5.73 Å². The first kappa shape index (κ1) is 15.6. The van der Waals surface area contributed by atoms with Crippen LogP contribution >= 0.6 is 15.9 Å². The third-order valence-corrected chi connectivity index (χ3v) is 2.89. The van der Waals surface area contributed by atoms with Crippen LogP contribution in [0.3, 0.4) is 0 Å². The third-order valence-electron chi connectivity index (χ3n) is 2.43. The Morgan fingerprint density at radius 3 is 2.16 bits per heavy atom. The van der Waals surface area contributed by atoms with Crippen molar-refractivity contribution in [1.82, 2.24) is 4.90 Å². The van der Waals surface area contributed by atoms with E-state index in [-0.39, 0.29) is 4.47 Å². The molecule has 0 aromatic heterocycles. The molecular formula is C12H13BrF2N2O2. The van der Waals surface area contributed by atoms with Crippen LogP contribution in [0.1, 0.15) is 24.2 Å². The van der Waals surface area contributed by atoms with Crippen LogP contribution in [-0.2, 0) is 4.79 Å². The van der Waals surface area contributed by atoms with Crippen molar-refractivity contribution in [3.63, 3.8) is 0 Å².